The number of nitrogens with zero attached hydrogens (tertiary/aromatic N) is 1. The van der Waals surface area contributed by atoms with Gasteiger partial charge in [0.15, 0.2) is 0 Å². The van der Waals surface area contributed by atoms with E-state index < -0.39 is 19.0 Å². The molecule has 78 valence electrons. The van der Waals surface area contributed by atoms with Crippen LogP contribution in [0.1, 0.15) is 12.0 Å². The average molecular weight is 287 g/mol. The SMILES string of the molecule is OCCC(F)(F)c1cc(Cl)ncc1Br. The molecular weight excluding hydrogens is 279 g/mol. The molecule has 0 bridgehead atoms. The first-order chi connectivity index (χ1) is 6.47. The Morgan fingerprint density at radius 2 is 2.21 bits per heavy atom. The number of aliphatic hydroxyl groups is 1. The van der Waals surface area contributed by atoms with Gasteiger partial charge in [0.2, 0.25) is 0 Å². The van der Waals surface area contributed by atoms with E-state index in [2.05, 4.69) is 20.9 Å². The van der Waals surface area contributed by atoms with Gasteiger partial charge in [-0.05, 0) is 22.0 Å². The molecule has 0 aliphatic carbocycles. The summed E-state index contributed by atoms with van der Waals surface area (Å²) in [7, 11) is 0. The maximum Gasteiger partial charge on any atom is 0.276 e. The van der Waals surface area contributed by atoms with E-state index in [9.17, 15) is 8.78 Å². The summed E-state index contributed by atoms with van der Waals surface area (Å²) in [5.74, 6) is -3.10. The van der Waals surface area contributed by atoms with Crippen molar-refractivity contribution in [3.05, 3.63) is 27.5 Å². The molecule has 1 aromatic rings. The Kier molecular flexibility index (Phi) is 3.80. The van der Waals surface area contributed by atoms with Crippen LogP contribution in [0.4, 0.5) is 8.78 Å². The molecule has 0 amide bonds. The fourth-order valence-corrected chi connectivity index (χ4v) is 1.63. The molecule has 6 heteroatoms. The first kappa shape index (κ1) is 11.8. The third kappa shape index (κ3) is 2.62. The molecule has 0 spiro atoms. The van der Waals surface area contributed by atoms with Crippen molar-refractivity contribution in [2.45, 2.75) is 12.3 Å². The van der Waals surface area contributed by atoms with E-state index in [-0.39, 0.29) is 15.2 Å². The van der Waals surface area contributed by atoms with E-state index in [1.165, 1.54) is 6.20 Å². The number of rotatable bonds is 3. The van der Waals surface area contributed by atoms with Crippen LogP contribution >= 0.6 is 27.5 Å². The summed E-state index contributed by atoms with van der Waals surface area (Å²) in [6.45, 7) is -0.584. The van der Waals surface area contributed by atoms with E-state index in [4.69, 9.17) is 16.7 Å². The molecule has 14 heavy (non-hydrogen) atoms. The number of aliphatic hydroxyl groups excluding tert-OH is 1. The molecule has 0 fully saturated rings. The Bertz CT molecular complexity index is 335. The third-order valence-corrected chi connectivity index (χ3v) is 2.48. The normalized spacial score (nSPS) is 11.8. The Morgan fingerprint density at radius 1 is 1.57 bits per heavy atom. The van der Waals surface area contributed by atoms with Gasteiger partial charge < -0.3 is 5.11 Å². The molecule has 1 N–H and O–H groups in total. The molecule has 0 radical (unpaired) electrons. The van der Waals surface area contributed by atoms with E-state index in [1.807, 2.05) is 0 Å². The number of hydrogen-bond donors (Lipinski definition) is 1. The number of halogens is 4. The van der Waals surface area contributed by atoms with E-state index in [0.717, 1.165) is 6.07 Å². The third-order valence-electron chi connectivity index (χ3n) is 1.64. The van der Waals surface area contributed by atoms with Gasteiger partial charge in [-0.15, -0.1) is 0 Å². The summed E-state index contributed by atoms with van der Waals surface area (Å²) in [5, 5.41) is 8.48. The second kappa shape index (κ2) is 4.51. The molecule has 1 rings (SSSR count). The van der Waals surface area contributed by atoms with Gasteiger partial charge in [-0.1, -0.05) is 11.6 Å². The highest BCUT2D eigenvalue weighted by atomic mass is 79.9. The van der Waals surface area contributed by atoms with Gasteiger partial charge in [0.25, 0.3) is 5.92 Å². The lowest BCUT2D eigenvalue weighted by Gasteiger charge is -2.16. The Morgan fingerprint density at radius 3 is 2.79 bits per heavy atom. The molecule has 0 aliphatic heterocycles. The molecule has 0 atom stereocenters. The smallest absolute Gasteiger partial charge is 0.276 e. The molecule has 0 saturated heterocycles. The van der Waals surface area contributed by atoms with Crippen LogP contribution in [0.2, 0.25) is 5.15 Å². The second-order valence-electron chi connectivity index (χ2n) is 2.66. The summed E-state index contributed by atoms with van der Waals surface area (Å²) in [4.78, 5) is 3.64. The number of pyridine rings is 1. The van der Waals surface area contributed by atoms with Crippen LogP contribution in [0.15, 0.2) is 16.7 Å². The zero-order chi connectivity index (χ0) is 10.8. The standard InChI is InChI=1S/C8H7BrClF2NO/c9-6-4-13-7(10)3-5(6)8(11,12)1-2-14/h3-4,14H,1-2H2. The van der Waals surface area contributed by atoms with Crippen molar-refractivity contribution in [2.75, 3.05) is 6.61 Å². The van der Waals surface area contributed by atoms with E-state index >= 15 is 0 Å². The molecule has 1 aromatic heterocycles. The Balaban J connectivity index is 3.10. The summed E-state index contributed by atoms with van der Waals surface area (Å²) in [5.41, 5.74) is -0.258. The highest BCUT2D eigenvalue weighted by Crippen LogP contribution is 2.36. The van der Waals surface area contributed by atoms with Crippen LogP contribution in [0.3, 0.4) is 0 Å². The molecular formula is C8H7BrClF2NO. The summed E-state index contributed by atoms with van der Waals surface area (Å²) in [6, 6.07) is 1.08. The van der Waals surface area contributed by atoms with Crippen molar-refractivity contribution in [1.82, 2.24) is 4.98 Å². The largest absolute Gasteiger partial charge is 0.396 e. The summed E-state index contributed by atoms with van der Waals surface area (Å²) < 4.78 is 26.8. The summed E-state index contributed by atoms with van der Waals surface area (Å²) in [6.07, 6.45) is 0.578. The fourth-order valence-electron chi connectivity index (χ4n) is 0.969. The molecule has 1 heterocycles. The predicted octanol–water partition coefficient (Wildman–Crippen LogP) is 2.97. The second-order valence-corrected chi connectivity index (χ2v) is 3.91. The Hall–Kier alpha value is -0.260. The van der Waals surface area contributed by atoms with Gasteiger partial charge in [0.1, 0.15) is 5.15 Å². The molecule has 0 aromatic carbocycles. The Labute approximate surface area is 93.0 Å². The number of hydrogen-bond acceptors (Lipinski definition) is 2. The maximum atomic E-state index is 13.3. The summed E-state index contributed by atoms with van der Waals surface area (Å²) >= 11 is 8.45. The van der Waals surface area contributed by atoms with Crippen molar-refractivity contribution >= 4 is 27.5 Å². The fraction of sp³-hybridized carbons (Fsp3) is 0.375. The zero-order valence-electron chi connectivity index (χ0n) is 6.98. The van der Waals surface area contributed by atoms with E-state index in [0.29, 0.717) is 0 Å². The van der Waals surface area contributed by atoms with Crippen molar-refractivity contribution in [1.29, 1.82) is 0 Å². The van der Waals surface area contributed by atoms with Crippen molar-refractivity contribution in [3.8, 4) is 0 Å². The van der Waals surface area contributed by atoms with Crippen LogP contribution in [-0.2, 0) is 5.92 Å². The number of aromatic nitrogens is 1. The van der Waals surface area contributed by atoms with Gasteiger partial charge in [0.05, 0.1) is 0 Å². The zero-order valence-corrected chi connectivity index (χ0v) is 9.32. The van der Waals surface area contributed by atoms with Crippen molar-refractivity contribution < 1.29 is 13.9 Å². The molecule has 0 saturated carbocycles. The first-order valence-electron chi connectivity index (χ1n) is 3.77. The van der Waals surface area contributed by atoms with Crippen LogP contribution in [0.5, 0.6) is 0 Å². The van der Waals surface area contributed by atoms with Crippen LogP contribution < -0.4 is 0 Å². The lowest BCUT2D eigenvalue weighted by atomic mass is 10.1. The van der Waals surface area contributed by atoms with Crippen LogP contribution in [0.25, 0.3) is 0 Å². The van der Waals surface area contributed by atoms with Crippen LogP contribution in [-0.4, -0.2) is 16.7 Å². The van der Waals surface area contributed by atoms with Crippen LogP contribution in [0, 0.1) is 0 Å². The quantitative estimate of drug-likeness (QED) is 0.867. The van der Waals surface area contributed by atoms with Gasteiger partial charge in [-0.25, -0.2) is 13.8 Å². The van der Waals surface area contributed by atoms with Gasteiger partial charge >= 0.3 is 0 Å². The lowest BCUT2D eigenvalue weighted by Crippen LogP contribution is -2.16. The van der Waals surface area contributed by atoms with Crippen molar-refractivity contribution in [2.24, 2.45) is 0 Å². The minimum Gasteiger partial charge on any atom is -0.396 e. The first-order valence-corrected chi connectivity index (χ1v) is 4.94. The predicted molar refractivity (Wildman–Crippen MR) is 52.5 cm³/mol. The van der Waals surface area contributed by atoms with Gasteiger partial charge in [0, 0.05) is 29.3 Å². The monoisotopic (exact) mass is 285 g/mol. The van der Waals surface area contributed by atoms with Crippen molar-refractivity contribution in [3.63, 3.8) is 0 Å². The minimum absolute atomic E-state index is 0.000754. The van der Waals surface area contributed by atoms with E-state index in [1.54, 1.807) is 0 Å². The molecule has 2 nitrogen and oxygen atoms in total. The van der Waals surface area contributed by atoms with Gasteiger partial charge in [-0.3, -0.25) is 0 Å². The average Bonchev–Trinajstić information content (AvgIpc) is 2.09. The highest BCUT2D eigenvalue weighted by Gasteiger charge is 2.33. The lowest BCUT2D eigenvalue weighted by molar-refractivity contribution is -0.0277. The maximum absolute atomic E-state index is 13.3. The topological polar surface area (TPSA) is 33.1 Å². The number of alkyl halides is 2. The van der Waals surface area contributed by atoms with Gasteiger partial charge in [-0.2, -0.15) is 0 Å². The highest BCUT2D eigenvalue weighted by molar-refractivity contribution is 9.10. The minimum atomic E-state index is -3.10. The molecule has 0 aliphatic rings. The molecule has 0 unspecified atom stereocenters.